The van der Waals surface area contributed by atoms with Crippen molar-refractivity contribution in [3.8, 4) is 12.8 Å². The Morgan fingerprint density at radius 2 is 0.701 bits per heavy atom. The van der Waals surface area contributed by atoms with Crippen LogP contribution in [-0.2, 0) is 135 Å². The van der Waals surface area contributed by atoms with E-state index in [1.165, 1.54) is 6.40 Å². The highest BCUT2D eigenvalue weighted by Gasteiger charge is 2.10. The van der Waals surface area contributed by atoms with Crippen LogP contribution in [-0.4, -0.2) is 174 Å². The number of carboxylic acids is 4. The highest BCUT2D eigenvalue weighted by molar-refractivity contribution is 5.77. The van der Waals surface area contributed by atoms with Crippen LogP contribution < -0.4 is 0 Å². The number of aliphatic carboxylic acids is 4. The molecule has 0 amide bonds. The predicted octanol–water partition coefficient (Wildman–Crippen LogP) is 2.53. The lowest BCUT2D eigenvalue weighted by Gasteiger charge is -2.08. The molecule has 0 aliphatic rings. The highest BCUT2D eigenvalue weighted by atomic mass is 17.2. The first-order valence-corrected chi connectivity index (χ1v) is 22.3. The molecule has 0 radical (unpaired) electrons. The molecule has 28 heteroatoms. The summed E-state index contributed by atoms with van der Waals surface area (Å²) in [6.07, 6.45) is 6.20. The van der Waals surface area contributed by atoms with E-state index in [1.54, 1.807) is 6.92 Å². The van der Waals surface area contributed by atoms with Crippen LogP contribution in [0.4, 0.5) is 0 Å². The SMILES string of the molecule is CCC(=O)OCc1ccccc1.O=C(COCOCCOOCCOOCc1ccccc1)OCC(=O)OCc1ccccc1.O=C(O)COCOCC(=O)O.O=C(O)COOCCOCOCC(=O)OCC(=O)O.[2H]C#C. The van der Waals surface area contributed by atoms with Crippen molar-refractivity contribution in [2.24, 2.45) is 0 Å². The van der Waals surface area contributed by atoms with E-state index in [-0.39, 0.29) is 79.2 Å². The number of terminal acetylenes is 1. The maximum absolute atomic E-state index is 11.5. The van der Waals surface area contributed by atoms with Gasteiger partial charge in [-0.15, -0.1) is 12.8 Å². The number of hydrogen-bond donors (Lipinski definition) is 4. The largest absolute Gasteiger partial charge is 0.480 e. The number of benzene rings is 3. The van der Waals surface area contributed by atoms with Gasteiger partial charge >= 0.3 is 47.8 Å². The van der Waals surface area contributed by atoms with Crippen LogP contribution in [0.5, 0.6) is 0 Å². The molecule has 3 rings (SSSR count). The maximum atomic E-state index is 11.5. The van der Waals surface area contributed by atoms with Gasteiger partial charge in [-0.25, -0.2) is 62.9 Å². The van der Waals surface area contributed by atoms with Crippen molar-refractivity contribution in [3.63, 3.8) is 0 Å². The first kappa shape index (κ1) is 69.5. The molecule has 28 nitrogen and oxygen atoms in total. The summed E-state index contributed by atoms with van der Waals surface area (Å²) in [7, 11) is 0. The molecular weight excluding hydrogens is 1040 g/mol. The van der Waals surface area contributed by atoms with Crippen molar-refractivity contribution in [1.82, 2.24) is 0 Å². The second-order valence-electron chi connectivity index (χ2n) is 13.4. The van der Waals surface area contributed by atoms with E-state index in [9.17, 15) is 38.4 Å². The van der Waals surface area contributed by atoms with Gasteiger partial charge < -0.3 is 67.8 Å². The Hall–Kier alpha value is -7.50. The minimum Gasteiger partial charge on any atom is -0.480 e. The van der Waals surface area contributed by atoms with Crippen molar-refractivity contribution >= 4 is 47.8 Å². The van der Waals surface area contributed by atoms with E-state index in [2.05, 4.69) is 30.4 Å². The lowest BCUT2D eigenvalue weighted by molar-refractivity contribution is -0.347. The van der Waals surface area contributed by atoms with Gasteiger partial charge in [0, 0.05) is 6.42 Å². The normalized spacial score (nSPS) is 10.0. The Bertz CT molecular complexity index is 2040. The highest BCUT2D eigenvalue weighted by Crippen LogP contribution is 2.03. The van der Waals surface area contributed by atoms with Gasteiger partial charge in [-0.3, -0.25) is 4.79 Å². The van der Waals surface area contributed by atoms with E-state index in [0.29, 0.717) is 19.6 Å². The quantitative estimate of drug-likeness (QED) is 0.0121. The van der Waals surface area contributed by atoms with Crippen LogP contribution >= 0.6 is 0 Å². The molecule has 3 aromatic rings. The fourth-order valence-electron chi connectivity index (χ4n) is 4.05. The van der Waals surface area contributed by atoms with Crippen LogP contribution in [0.15, 0.2) is 91.0 Å². The molecule has 0 unspecified atom stereocenters. The first-order valence-electron chi connectivity index (χ1n) is 22.8. The van der Waals surface area contributed by atoms with Crippen LogP contribution in [0.2, 0.25) is 0 Å². The van der Waals surface area contributed by atoms with Crippen LogP contribution in [0.3, 0.4) is 0 Å². The average Bonchev–Trinajstić information content (AvgIpc) is 3.42. The third-order valence-corrected chi connectivity index (χ3v) is 7.25. The molecule has 0 atom stereocenters. The Labute approximate surface area is 443 Å². The molecule has 0 fully saturated rings. The Kier molecular flexibility index (Phi) is 48.1. The smallest absolute Gasteiger partial charge is 0.344 e. The third-order valence-electron chi connectivity index (χ3n) is 7.25. The predicted molar refractivity (Wildman–Crippen MR) is 256 cm³/mol. The van der Waals surface area contributed by atoms with Crippen LogP contribution in [0, 0.1) is 12.8 Å². The average molecular weight is 1100 g/mol. The van der Waals surface area contributed by atoms with Gasteiger partial charge in [-0.1, -0.05) is 97.9 Å². The topological polar surface area (TPSA) is 365 Å². The minimum absolute atomic E-state index is 0.0138. The van der Waals surface area contributed by atoms with E-state index >= 15 is 0 Å². The third kappa shape index (κ3) is 54.6. The fraction of sp³-hybridized carbons (Fsp3) is 0.429. The molecule has 3 aromatic carbocycles. The summed E-state index contributed by atoms with van der Waals surface area (Å²) in [5.41, 5.74) is 2.87. The van der Waals surface area contributed by atoms with Gasteiger partial charge in [-0.05, 0) is 16.7 Å². The van der Waals surface area contributed by atoms with Gasteiger partial charge in [0.1, 0.15) is 94.4 Å². The van der Waals surface area contributed by atoms with E-state index < -0.39 is 81.4 Å². The molecule has 428 valence electrons. The summed E-state index contributed by atoms with van der Waals surface area (Å²) >= 11 is 0. The zero-order valence-electron chi connectivity index (χ0n) is 43.0. The summed E-state index contributed by atoms with van der Waals surface area (Å²) in [5, 5.41) is 32.4. The number of carbonyl (C=O) groups is 8. The summed E-state index contributed by atoms with van der Waals surface area (Å²) < 4.78 is 53.0. The molecule has 0 saturated carbocycles. The second kappa shape index (κ2) is 53.3. The van der Waals surface area contributed by atoms with Gasteiger partial charge in [-0.2, -0.15) is 0 Å². The van der Waals surface area contributed by atoms with Crippen molar-refractivity contribution in [3.05, 3.63) is 108 Å². The maximum Gasteiger partial charge on any atom is 0.344 e. The van der Waals surface area contributed by atoms with Crippen molar-refractivity contribution in [2.45, 2.75) is 33.2 Å². The summed E-state index contributed by atoms with van der Waals surface area (Å²) in [4.78, 5) is 113. The number of hydrogen-bond acceptors (Lipinski definition) is 24. The zero-order valence-corrected chi connectivity index (χ0v) is 42.0. The Morgan fingerprint density at radius 3 is 1.12 bits per heavy atom. The summed E-state index contributed by atoms with van der Waals surface area (Å²) in [6.45, 7) is -0.842. The number of carbonyl (C=O) groups excluding carboxylic acids is 4. The minimum atomic E-state index is -1.26. The fourth-order valence-corrected chi connectivity index (χ4v) is 4.05. The van der Waals surface area contributed by atoms with Crippen molar-refractivity contribution in [1.29, 1.82) is 0 Å². The number of rotatable bonds is 39. The second-order valence-corrected chi connectivity index (χ2v) is 13.4. The molecule has 4 N–H and O–H groups in total. The molecule has 0 aliphatic heterocycles. The Morgan fingerprint density at radius 1 is 0.377 bits per heavy atom. The molecule has 77 heavy (non-hydrogen) atoms. The molecule has 0 aliphatic carbocycles. The standard InChI is InChI=1S/C23H28O10.C10H12O2.C9H14O10.C5H8O6.C2H2/c24-22(29-18-23(25)28-15-20-7-3-1-4-8-20)17-27-19-26-11-12-30-31-13-14-32-33-16-21-9-5-2-6-10-21;1-2-10(11)12-8-9-6-4-3-5-7-9;10-7(11)3-17-9(14)5-16-6-15-1-2-18-19-4-8(12)13;6-4(7)1-10-3-11-2-5(8)9;1-2/h1-10H,11-19H2;3-7H,2,8H2,1H3;1-6H2,(H,10,11)(H,12,13);1-3H2,(H,6,7)(H,8,9);1-2H/i;;;;1D. The molecule has 0 saturated heterocycles. The molecule has 0 aromatic heterocycles. The van der Waals surface area contributed by atoms with Gasteiger partial charge in [0.25, 0.3) is 0 Å². The lowest BCUT2D eigenvalue weighted by atomic mass is 10.2. The zero-order chi connectivity index (χ0) is 58.1. The first-order chi connectivity index (χ1) is 37.6. The summed E-state index contributed by atoms with van der Waals surface area (Å²) in [5.74, 6) is -7.00. The Balaban J connectivity index is 0. The van der Waals surface area contributed by atoms with E-state index in [4.69, 9.17) is 74.5 Å². The molecule has 0 heterocycles. The van der Waals surface area contributed by atoms with Crippen LogP contribution in [0.1, 0.15) is 31.4 Å². The van der Waals surface area contributed by atoms with Crippen molar-refractivity contribution < 1.29 is 137 Å². The number of esters is 4. The summed E-state index contributed by atoms with van der Waals surface area (Å²) in [6, 6.07) is 28.4. The number of carboxylic acid groups (broad SMARTS) is 4. The lowest BCUT2D eigenvalue weighted by Crippen LogP contribution is -2.20. The number of ether oxygens (including phenoxy) is 10. The van der Waals surface area contributed by atoms with Gasteiger partial charge in [0.15, 0.2) is 19.8 Å². The molecule has 0 bridgehead atoms. The molecular formula is C49H64O28. The van der Waals surface area contributed by atoms with Gasteiger partial charge in [0.2, 0.25) is 0 Å². The van der Waals surface area contributed by atoms with Crippen molar-refractivity contribution in [2.75, 3.05) is 106 Å². The van der Waals surface area contributed by atoms with Crippen LogP contribution in [0.25, 0.3) is 0 Å². The van der Waals surface area contributed by atoms with Gasteiger partial charge in [0.05, 0.1) is 13.2 Å². The monoisotopic (exact) mass is 1100 g/mol. The van der Waals surface area contributed by atoms with E-state index in [1.807, 2.05) is 91.0 Å². The molecule has 0 spiro atoms. The van der Waals surface area contributed by atoms with E-state index in [0.717, 1.165) is 16.7 Å².